The van der Waals surface area contributed by atoms with Gasteiger partial charge in [-0.25, -0.2) is 4.98 Å². The second kappa shape index (κ2) is 5.07. The van der Waals surface area contributed by atoms with Crippen molar-refractivity contribution in [2.45, 2.75) is 24.8 Å². The summed E-state index contributed by atoms with van der Waals surface area (Å²) in [6.07, 6.45) is 2.48. The zero-order chi connectivity index (χ0) is 11.5. The Kier molecular flexibility index (Phi) is 3.73. The first kappa shape index (κ1) is 11.8. The van der Waals surface area contributed by atoms with Crippen LogP contribution in [0.2, 0.25) is 0 Å². The van der Waals surface area contributed by atoms with E-state index in [1.54, 1.807) is 7.11 Å². The van der Waals surface area contributed by atoms with E-state index >= 15 is 0 Å². The fourth-order valence-corrected chi connectivity index (χ4v) is 2.30. The number of hydrogen-bond donors (Lipinski definition) is 1. The maximum Gasteiger partial charge on any atom is 0.205 e. The standard InChI is InChI=1S/C10H18N4OS/c1-14(5-8(11)6-15-2)10-12-9(13-16-10)7-3-4-7/h7-8H,3-6,11H2,1-2H3. The molecule has 0 aromatic carbocycles. The Balaban J connectivity index is 1.89. The SMILES string of the molecule is COCC(N)CN(C)c1nc(C2CC2)ns1. The molecule has 1 fully saturated rings. The molecular weight excluding hydrogens is 224 g/mol. The number of anilines is 1. The topological polar surface area (TPSA) is 64.3 Å². The number of likely N-dealkylation sites (N-methyl/N-ethyl adjacent to an activating group) is 1. The summed E-state index contributed by atoms with van der Waals surface area (Å²) in [6, 6.07) is 0.0169. The molecular formula is C10H18N4OS. The van der Waals surface area contributed by atoms with Crippen LogP contribution in [-0.2, 0) is 4.74 Å². The minimum absolute atomic E-state index is 0.0169. The maximum atomic E-state index is 5.89. The Morgan fingerprint density at radius 3 is 3.00 bits per heavy atom. The van der Waals surface area contributed by atoms with Crippen molar-refractivity contribution in [2.24, 2.45) is 5.73 Å². The van der Waals surface area contributed by atoms with E-state index < -0.39 is 0 Å². The highest BCUT2D eigenvalue weighted by atomic mass is 32.1. The van der Waals surface area contributed by atoms with Crippen LogP contribution in [-0.4, -0.2) is 42.7 Å². The van der Waals surface area contributed by atoms with Crippen LogP contribution in [0.4, 0.5) is 5.13 Å². The number of rotatable bonds is 6. The summed E-state index contributed by atoms with van der Waals surface area (Å²) in [5.41, 5.74) is 5.89. The molecule has 2 rings (SSSR count). The van der Waals surface area contributed by atoms with E-state index in [4.69, 9.17) is 10.5 Å². The van der Waals surface area contributed by atoms with Gasteiger partial charge in [0.25, 0.3) is 0 Å². The van der Waals surface area contributed by atoms with E-state index in [-0.39, 0.29) is 6.04 Å². The molecule has 1 aromatic heterocycles. The highest BCUT2D eigenvalue weighted by Gasteiger charge is 2.28. The van der Waals surface area contributed by atoms with Crippen LogP contribution in [0.3, 0.4) is 0 Å². The Labute approximate surface area is 99.8 Å². The minimum Gasteiger partial charge on any atom is -0.383 e. The minimum atomic E-state index is 0.0169. The molecule has 1 aliphatic carbocycles. The van der Waals surface area contributed by atoms with E-state index in [0.29, 0.717) is 12.5 Å². The first-order valence-corrected chi connectivity index (χ1v) is 6.27. The number of ether oxygens (including phenoxy) is 1. The van der Waals surface area contributed by atoms with Crippen molar-refractivity contribution in [1.29, 1.82) is 0 Å². The van der Waals surface area contributed by atoms with E-state index in [1.807, 2.05) is 11.9 Å². The average molecular weight is 242 g/mol. The van der Waals surface area contributed by atoms with Crippen LogP contribution in [0.1, 0.15) is 24.6 Å². The lowest BCUT2D eigenvalue weighted by molar-refractivity contribution is 0.181. The molecule has 0 aliphatic heterocycles. The van der Waals surface area contributed by atoms with Gasteiger partial charge in [0.2, 0.25) is 5.13 Å². The molecule has 1 unspecified atom stereocenters. The number of aromatic nitrogens is 2. The third-order valence-electron chi connectivity index (χ3n) is 2.59. The van der Waals surface area contributed by atoms with Crippen LogP contribution in [0, 0.1) is 0 Å². The van der Waals surface area contributed by atoms with E-state index in [9.17, 15) is 0 Å². The van der Waals surface area contributed by atoms with Gasteiger partial charge in [0.1, 0.15) is 5.82 Å². The largest absolute Gasteiger partial charge is 0.383 e. The summed E-state index contributed by atoms with van der Waals surface area (Å²) in [5, 5.41) is 0.952. The molecule has 0 bridgehead atoms. The lowest BCUT2D eigenvalue weighted by Gasteiger charge is -2.19. The smallest absolute Gasteiger partial charge is 0.205 e. The van der Waals surface area contributed by atoms with Crippen molar-refractivity contribution >= 4 is 16.7 Å². The molecule has 0 amide bonds. The molecule has 1 aliphatic rings. The van der Waals surface area contributed by atoms with Gasteiger partial charge >= 0.3 is 0 Å². The summed E-state index contributed by atoms with van der Waals surface area (Å²) in [4.78, 5) is 6.57. The number of nitrogens with two attached hydrogens (primary N) is 1. The van der Waals surface area contributed by atoms with Crippen LogP contribution in [0.5, 0.6) is 0 Å². The first-order valence-electron chi connectivity index (χ1n) is 5.50. The number of hydrogen-bond acceptors (Lipinski definition) is 6. The van der Waals surface area contributed by atoms with E-state index in [2.05, 4.69) is 9.36 Å². The van der Waals surface area contributed by atoms with Gasteiger partial charge < -0.3 is 15.4 Å². The fraction of sp³-hybridized carbons (Fsp3) is 0.800. The Bertz CT molecular complexity index is 339. The predicted molar refractivity (Wildman–Crippen MR) is 65.0 cm³/mol. The van der Waals surface area contributed by atoms with Crippen LogP contribution >= 0.6 is 11.5 Å². The fourth-order valence-electron chi connectivity index (χ4n) is 1.59. The van der Waals surface area contributed by atoms with Gasteiger partial charge in [-0.05, 0) is 12.8 Å². The lowest BCUT2D eigenvalue weighted by Crippen LogP contribution is -2.38. The van der Waals surface area contributed by atoms with Gasteiger partial charge in [0.05, 0.1) is 6.61 Å². The molecule has 6 heteroatoms. The molecule has 1 heterocycles. The molecule has 5 nitrogen and oxygen atoms in total. The lowest BCUT2D eigenvalue weighted by atomic mass is 10.3. The average Bonchev–Trinajstić information content (AvgIpc) is 2.96. The van der Waals surface area contributed by atoms with Crippen LogP contribution < -0.4 is 10.6 Å². The molecule has 16 heavy (non-hydrogen) atoms. The second-order valence-corrected chi connectivity index (χ2v) is 5.04. The van der Waals surface area contributed by atoms with Crippen molar-refractivity contribution in [3.05, 3.63) is 5.82 Å². The quantitative estimate of drug-likeness (QED) is 0.800. The van der Waals surface area contributed by atoms with Gasteiger partial charge in [-0.1, -0.05) is 0 Å². The summed E-state index contributed by atoms with van der Waals surface area (Å²) >= 11 is 1.45. The van der Waals surface area contributed by atoms with Gasteiger partial charge in [0.15, 0.2) is 0 Å². The monoisotopic (exact) mass is 242 g/mol. The molecule has 0 radical (unpaired) electrons. The van der Waals surface area contributed by atoms with Crippen molar-refractivity contribution in [3.8, 4) is 0 Å². The van der Waals surface area contributed by atoms with Crippen LogP contribution in [0.25, 0.3) is 0 Å². The Morgan fingerprint density at radius 1 is 1.62 bits per heavy atom. The van der Waals surface area contributed by atoms with Gasteiger partial charge in [-0.15, -0.1) is 0 Å². The van der Waals surface area contributed by atoms with Gasteiger partial charge in [0, 0.05) is 44.2 Å². The molecule has 2 N–H and O–H groups in total. The molecule has 1 saturated carbocycles. The molecule has 0 saturated heterocycles. The van der Waals surface area contributed by atoms with E-state index in [0.717, 1.165) is 17.5 Å². The summed E-state index contributed by atoms with van der Waals surface area (Å²) in [6.45, 7) is 1.31. The third-order valence-corrected chi connectivity index (χ3v) is 3.43. The van der Waals surface area contributed by atoms with Crippen molar-refractivity contribution in [3.63, 3.8) is 0 Å². The number of nitrogens with zero attached hydrogens (tertiary/aromatic N) is 3. The second-order valence-electron chi connectivity index (χ2n) is 4.31. The van der Waals surface area contributed by atoms with Gasteiger partial charge in [-0.3, -0.25) is 0 Å². The van der Waals surface area contributed by atoms with Gasteiger partial charge in [-0.2, -0.15) is 4.37 Å². The van der Waals surface area contributed by atoms with Crippen molar-refractivity contribution in [1.82, 2.24) is 9.36 Å². The first-order chi connectivity index (χ1) is 7.70. The third kappa shape index (κ3) is 2.90. The zero-order valence-electron chi connectivity index (χ0n) is 9.72. The van der Waals surface area contributed by atoms with Crippen molar-refractivity contribution < 1.29 is 4.74 Å². The predicted octanol–water partition coefficient (Wildman–Crippen LogP) is 0.825. The number of methoxy groups -OCH3 is 1. The Hall–Kier alpha value is -0.720. The molecule has 1 atom stereocenters. The highest BCUT2D eigenvalue weighted by molar-refractivity contribution is 7.09. The summed E-state index contributed by atoms with van der Waals surface area (Å²) in [5.74, 6) is 1.62. The van der Waals surface area contributed by atoms with Crippen molar-refractivity contribution in [2.75, 3.05) is 32.2 Å². The normalized spacial score (nSPS) is 17.4. The molecule has 0 spiro atoms. The maximum absolute atomic E-state index is 5.89. The summed E-state index contributed by atoms with van der Waals surface area (Å²) in [7, 11) is 3.66. The summed E-state index contributed by atoms with van der Waals surface area (Å²) < 4.78 is 9.38. The molecule has 1 aromatic rings. The van der Waals surface area contributed by atoms with Crippen LogP contribution in [0.15, 0.2) is 0 Å². The zero-order valence-corrected chi connectivity index (χ0v) is 10.5. The molecule has 90 valence electrons. The Morgan fingerprint density at radius 2 is 2.38 bits per heavy atom. The highest BCUT2D eigenvalue weighted by Crippen LogP contribution is 2.39. The van der Waals surface area contributed by atoms with E-state index in [1.165, 1.54) is 24.4 Å².